The molecule has 0 radical (unpaired) electrons. The lowest BCUT2D eigenvalue weighted by molar-refractivity contribution is -0.121. The van der Waals surface area contributed by atoms with Gasteiger partial charge in [0.05, 0.1) is 17.9 Å². The van der Waals surface area contributed by atoms with E-state index in [0.717, 1.165) is 16.0 Å². The zero-order valence-corrected chi connectivity index (χ0v) is 15.5. The monoisotopic (exact) mass is 358 g/mol. The van der Waals surface area contributed by atoms with E-state index >= 15 is 0 Å². The number of thiazole rings is 1. The number of carbonyl (C=O) groups excluding carboxylic acids is 1. The molecule has 2 heterocycles. The number of para-hydroxylation sites is 1. The number of carbonyl (C=O) groups is 1. The molecule has 3 rings (SSSR count). The van der Waals surface area contributed by atoms with Crippen LogP contribution >= 0.6 is 11.3 Å². The summed E-state index contributed by atoms with van der Waals surface area (Å²) >= 11 is 1.51. The molecule has 0 N–H and O–H groups in total. The molecular weight excluding hydrogens is 336 g/mol. The topological polar surface area (TPSA) is 60.2 Å². The normalized spacial score (nSPS) is 11.2. The Morgan fingerprint density at radius 3 is 2.88 bits per heavy atom. The van der Waals surface area contributed by atoms with Gasteiger partial charge in [0.1, 0.15) is 11.3 Å². The summed E-state index contributed by atoms with van der Waals surface area (Å²) < 4.78 is 8.50. The molecule has 1 amide bonds. The van der Waals surface area contributed by atoms with Gasteiger partial charge in [-0.2, -0.15) is 5.10 Å². The van der Waals surface area contributed by atoms with E-state index in [4.69, 9.17) is 9.72 Å². The fraction of sp³-hybridized carbons (Fsp3) is 0.389. The lowest BCUT2D eigenvalue weighted by Gasteiger charge is -2.21. The Bertz CT molecular complexity index is 842. The maximum absolute atomic E-state index is 12.7. The number of amides is 1. The summed E-state index contributed by atoms with van der Waals surface area (Å²) in [5, 5.41) is 4.91. The fourth-order valence-electron chi connectivity index (χ4n) is 2.55. The largest absolute Gasteiger partial charge is 0.492 e. The van der Waals surface area contributed by atoms with Gasteiger partial charge in [-0.05, 0) is 25.1 Å². The molecule has 0 fully saturated rings. The highest BCUT2D eigenvalue weighted by Gasteiger charge is 2.23. The standard InChI is InChI=1S/C18H22N4O2S/c1-4-24-14-7-5-8-15-16(14)20-18(25-15)22(17(23)13(2)3)12-11-21-10-6-9-19-21/h5-10,13H,4,11-12H2,1-3H3. The third-order valence-electron chi connectivity index (χ3n) is 3.77. The molecule has 0 aliphatic rings. The summed E-state index contributed by atoms with van der Waals surface area (Å²) in [5.41, 5.74) is 0.810. The molecule has 1 aromatic carbocycles. The molecule has 0 saturated heterocycles. The fourth-order valence-corrected chi connectivity index (χ4v) is 3.56. The zero-order chi connectivity index (χ0) is 17.8. The zero-order valence-electron chi connectivity index (χ0n) is 14.7. The first-order valence-corrected chi connectivity index (χ1v) is 9.23. The van der Waals surface area contributed by atoms with E-state index in [2.05, 4.69) is 5.10 Å². The predicted octanol–water partition coefficient (Wildman–Crippen LogP) is 3.58. The molecule has 0 aliphatic heterocycles. The molecule has 6 nitrogen and oxygen atoms in total. The quantitative estimate of drug-likeness (QED) is 0.648. The molecule has 0 bridgehead atoms. The number of hydrogen-bond acceptors (Lipinski definition) is 5. The van der Waals surface area contributed by atoms with Gasteiger partial charge in [0.25, 0.3) is 0 Å². The van der Waals surface area contributed by atoms with Crippen LogP contribution in [-0.2, 0) is 11.3 Å². The van der Waals surface area contributed by atoms with E-state index < -0.39 is 0 Å². The molecule has 0 spiro atoms. The first-order valence-electron chi connectivity index (χ1n) is 8.41. The second-order valence-corrected chi connectivity index (χ2v) is 6.96. The maximum Gasteiger partial charge on any atom is 0.231 e. The van der Waals surface area contributed by atoms with Crippen molar-refractivity contribution >= 4 is 32.6 Å². The molecule has 2 aromatic heterocycles. The second-order valence-electron chi connectivity index (χ2n) is 5.95. The third kappa shape index (κ3) is 3.82. The van der Waals surface area contributed by atoms with Crippen LogP contribution in [0.4, 0.5) is 5.13 Å². The SMILES string of the molecule is CCOc1cccc2sc(N(CCn3cccn3)C(=O)C(C)C)nc12. The minimum Gasteiger partial charge on any atom is -0.492 e. The summed E-state index contributed by atoms with van der Waals surface area (Å²) in [6.45, 7) is 7.50. The predicted molar refractivity (Wildman–Crippen MR) is 100 cm³/mol. The Hall–Kier alpha value is -2.41. The van der Waals surface area contributed by atoms with Crippen LogP contribution in [-0.4, -0.2) is 33.8 Å². The number of rotatable bonds is 7. The number of benzene rings is 1. The van der Waals surface area contributed by atoms with Crippen LogP contribution in [0.1, 0.15) is 20.8 Å². The minimum absolute atomic E-state index is 0.0594. The third-order valence-corrected chi connectivity index (χ3v) is 4.82. The number of ether oxygens (including phenoxy) is 1. The van der Waals surface area contributed by atoms with Gasteiger partial charge in [-0.25, -0.2) is 4.98 Å². The summed E-state index contributed by atoms with van der Waals surface area (Å²) in [5.74, 6) is 0.715. The van der Waals surface area contributed by atoms with Crippen LogP contribution < -0.4 is 9.64 Å². The number of aromatic nitrogens is 3. The number of hydrogen-bond donors (Lipinski definition) is 0. The molecule has 0 atom stereocenters. The van der Waals surface area contributed by atoms with Crippen molar-refractivity contribution < 1.29 is 9.53 Å². The van der Waals surface area contributed by atoms with E-state index in [0.29, 0.717) is 24.8 Å². The Morgan fingerprint density at radius 2 is 2.20 bits per heavy atom. The number of nitrogens with zero attached hydrogens (tertiary/aromatic N) is 4. The molecule has 25 heavy (non-hydrogen) atoms. The second kappa shape index (κ2) is 7.65. The van der Waals surface area contributed by atoms with Crippen molar-refractivity contribution in [2.45, 2.75) is 27.3 Å². The average molecular weight is 358 g/mol. The van der Waals surface area contributed by atoms with Crippen LogP contribution in [0.3, 0.4) is 0 Å². The summed E-state index contributed by atoms with van der Waals surface area (Å²) in [4.78, 5) is 19.2. The Morgan fingerprint density at radius 1 is 1.36 bits per heavy atom. The maximum atomic E-state index is 12.7. The van der Waals surface area contributed by atoms with Crippen molar-refractivity contribution in [1.82, 2.24) is 14.8 Å². The molecule has 0 unspecified atom stereocenters. The Labute approximate surface area is 151 Å². The number of anilines is 1. The lowest BCUT2D eigenvalue weighted by Crippen LogP contribution is -2.36. The van der Waals surface area contributed by atoms with Gasteiger partial charge in [0, 0.05) is 24.9 Å². The summed E-state index contributed by atoms with van der Waals surface area (Å²) in [6.07, 6.45) is 3.63. The smallest absolute Gasteiger partial charge is 0.231 e. The van der Waals surface area contributed by atoms with E-state index in [1.54, 1.807) is 11.1 Å². The highest BCUT2D eigenvalue weighted by Crippen LogP contribution is 2.34. The molecule has 3 aromatic rings. The van der Waals surface area contributed by atoms with Gasteiger partial charge in [-0.15, -0.1) is 0 Å². The van der Waals surface area contributed by atoms with Gasteiger partial charge in [0.15, 0.2) is 5.13 Å². The van der Waals surface area contributed by atoms with E-state index in [1.165, 1.54) is 11.3 Å². The summed E-state index contributed by atoms with van der Waals surface area (Å²) in [7, 11) is 0. The Kier molecular flexibility index (Phi) is 5.33. The summed E-state index contributed by atoms with van der Waals surface area (Å²) in [6, 6.07) is 7.74. The molecule has 132 valence electrons. The van der Waals surface area contributed by atoms with Crippen molar-refractivity contribution in [3.05, 3.63) is 36.7 Å². The van der Waals surface area contributed by atoms with Crippen LogP contribution in [0.15, 0.2) is 36.7 Å². The molecule has 7 heteroatoms. The van der Waals surface area contributed by atoms with Crippen molar-refractivity contribution in [2.75, 3.05) is 18.1 Å². The highest BCUT2D eigenvalue weighted by molar-refractivity contribution is 7.22. The van der Waals surface area contributed by atoms with Crippen molar-refractivity contribution in [3.63, 3.8) is 0 Å². The van der Waals surface area contributed by atoms with Gasteiger partial charge in [0.2, 0.25) is 5.91 Å². The van der Waals surface area contributed by atoms with Crippen LogP contribution in [0, 0.1) is 5.92 Å². The molecule has 0 aliphatic carbocycles. The van der Waals surface area contributed by atoms with Crippen LogP contribution in [0.25, 0.3) is 10.2 Å². The van der Waals surface area contributed by atoms with Gasteiger partial charge >= 0.3 is 0 Å². The van der Waals surface area contributed by atoms with E-state index in [-0.39, 0.29) is 11.8 Å². The van der Waals surface area contributed by atoms with Gasteiger partial charge in [-0.3, -0.25) is 14.4 Å². The highest BCUT2D eigenvalue weighted by atomic mass is 32.1. The van der Waals surface area contributed by atoms with Gasteiger partial charge < -0.3 is 4.74 Å². The number of fused-ring (bicyclic) bond motifs is 1. The van der Waals surface area contributed by atoms with E-state index in [9.17, 15) is 4.79 Å². The first-order chi connectivity index (χ1) is 12.1. The van der Waals surface area contributed by atoms with Crippen molar-refractivity contribution in [3.8, 4) is 5.75 Å². The molecular formula is C18H22N4O2S. The van der Waals surface area contributed by atoms with Crippen LogP contribution in [0.2, 0.25) is 0 Å². The average Bonchev–Trinajstić information content (AvgIpc) is 3.25. The van der Waals surface area contributed by atoms with Crippen molar-refractivity contribution in [1.29, 1.82) is 0 Å². The first kappa shape index (κ1) is 17.4. The minimum atomic E-state index is -0.101. The van der Waals surface area contributed by atoms with E-state index in [1.807, 2.05) is 55.9 Å². The van der Waals surface area contributed by atoms with Crippen molar-refractivity contribution in [2.24, 2.45) is 5.92 Å². The Balaban J connectivity index is 1.93. The van der Waals surface area contributed by atoms with Gasteiger partial charge in [-0.1, -0.05) is 31.3 Å². The lowest BCUT2D eigenvalue weighted by atomic mass is 10.2. The van der Waals surface area contributed by atoms with Crippen LogP contribution in [0.5, 0.6) is 5.75 Å². The molecule has 0 saturated carbocycles.